The van der Waals surface area contributed by atoms with Crippen LogP contribution in [0.5, 0.6) is 0 Å². The van der Waals surface area contributed by atoms with Gasteiger partial charge in [-0.2, -0.15) is 4.31 Å². The molecule has 1 fully saturated rings. The number of anilines is 1. The topological polar surface area (TPSA) is 104 Å². The van der Waals surface area contributed by atoms with Crippen LogP contribution in [0.4, 0.5) is 5.69 Å². The molecule has 11 heteroatoms. The summed E-state index contributed by atoms with van der Waals surface area (Å²) in [5.41, 5.74) is 0.395. The van der Waals surface area contributed by atoms with E-state index in [2.05, 4.69) is 5.32 Å². The molecule has 0 unspecified atom stereocenters. The summed E-state index contributed by atoms with van der Waals surface area (Å²) in [6, 6.07) is 12.1. The van der Waals surface area contributed by atoms with Crippen molar-refractivity contribution in [1.82, 2.24) is 9.21 Å². The van der Waals surface area contributed by atoms with Crippen molar-refractivity contribution in [2.45, 2.75) is 9.79 Å². The van der Waals surface area contributed by atoms with Crippen LogP contribution in [0.1, 0.15) is 0 Å². The summed E-state index contributed by atoms with van der Waals surface area (Å²) in [7, 11) is -6.97. The number of nitrogens with one attached hydrogen (secondary N) is 1. The first-order valence-corrected chi connectivity index (χ1v) is 12.8. The molecule has 2 aromatic rings. The molecule has 0 saturated carbocycles. The van der Waals surface area contributed by atoms with E-state index in [1.54, 1.807) is 12.1 Å². The van der Waals surface area contributed by atoms with E-state index in [-0.39, 0.29) is 35.3 Å². The number of hydrogen-bond acceptors (Lipinski definition) is 6. The fraction of sp³-hybridized carbons (Fsp3) is 0.316. The Kier molecular flexibility index (Phi) is 6.83. The van der Waals surface area contributed by atoms with Gasteiger partial charge in [0, 0.05) is 43.1 Å². The van der Waals surface area contributed by atoms with Crippen LogP contribution in [0.25, 0.3) is 0 Å². The second-order valence-corrected chi connectivity index (χ2v) is 11.4. The molecule has 3 rings (SSSR count). The average molecular weight is 472 g/mol. The van der Waals surface area contributed by atoms with Gasteiger partial charge >= 0.3 is 0 Å². The van der Waals surface area contributed by atoms with Gasteiger partial charge in [-0.25, -0.2) is 16.8 Å². The van der Waals surface area contributed by atoms with Gasteiger partial charge in [-0.3, -0.25) is 9.69 Å². The Balaban J connectivity index is 1.56. The van der Waals surface area contributed by atoms with Crippen LogP contribution < -0.4 is 5.32 Å². The van der Waals surface area contributed by atoms with Gasteiger partial charge in [0.05, 0.1) is 16.3 Å². The molecule has 1 aliphatic heterocycles. The molecule has 1 saturated heterocycles. The third kappa shape index (κ3) is 5.58. The first-order chi connectivity index (χ1) is 14.1. The summed E-state index contributed by atoms with van der Waals surface area (Å²) in [6.45, 7) is 1.43. The van der Waals surface area contributed by atoms with Gasteiger partial charge in [-0.1, -0.05) is 17.7 Å². The van der Waals surface area contributed by atoms with E-state index < -0.39 is 19.9 Å². The van der Waals surface area contributed by atoms with Crippen molar-refractivity contribution in [1.29, 1.82) is 0 Å². The molecule has 0 spiro atoms. The molecule has 1 N–H and O–H groups in total. The van der Waals surface area contributed by atoms with E-state index in [1.165, 1.54) is 40.7 Å². The number of amides is 1. The lowest BCUT2D eigenvalue weighted by Crippen LogP contribution is -2.50. The van der Waals surface area contributed by atoms with Crippen LogP contribution >= 0.6 is 11.6 Å². The molecular weight excluding hydrogens is 450 g/mol. The monoisotopic (exact) mass is 471 g/mol. The summed E-state index contributed by atoms with van der Waals surface area (Å²) < 4.78 is 50.1. The Morgan fingerprint density at radius 3 is 2.20 bits per heavy atom. The highest BCUT2D eigenvalue weighted by atomic mass is 35.5. The van der Waals surface area contributed by atoms with Crippen molar-refractivity contribution in [3.63, 3.8) is 0 Å². The molecule has 0 aliphatic carbocycles. The number of carbonyl (C=O) groups is 1. The van der Waals surface area contributed by atoms with E-state index in [0.717, 1.165) is 6.26 Å². The zero-order chi connectivity index (χ0) is 21.9. The molecule has 0 aromatic heterocycles. The van der Waals surface area contributed by atoms with Gasteiger partial charge in [0.1, 0.15) is 0 Å². The first-order valence-electron chi connectivity index (χ1n) is 9.14. The lowest BCUT2D eigenvalue weighted by atomic mass is 10.3. The van der Waals surface area contributed by atoms with Crippen molar-refractivity contribution in [3.05, 3.63) is 53.6 Å². The highest BCUT2D eigenvalue weighted by Crippen LogP contribution is 2.20. The number of carbonyl (C=O) groups excluding carboxylic acids is 1. The second-order valence-electron chi connectivity index (χ2n) is 6.98. The van der Waals surface area contributed by atoms with E-state index >= 15 is 0 Å². The predicted molar refractivity (Wildman–Crippen MR) is 115 cm³/mol. The number of benzene rings is 2. The molecule has 0 atom stereocenters. The summed E-state index contributed by atoms with van der Waals surface area (Å²) in [4.78, 5) is 14.5. The lowest BCUT2D eigenvalue weighted by Gasteiger charge is -2.33. The second kappa shape index (κ2) is 9.03. The van der Waals surface area contributed by atoms with Gasteiger partial charge in [-0.15, -0.1) is 0 Å². The maximum Gasteiger partial charge on any atom is 0.243 e. The van der Waals surface area contributed by atoms with Gasteiger partial charge in [0.25, 0.3) is 0 Å². The van der Waals surface area contributed by atoms with Crippen LogP contribution in [0.15, 0.2) is 58.3 Å². The van der Waals surface area contributed by atoms with Gasteiger partial charge < -0.3 is 5.32 Å². The van der Waals surface area contributed by atoms with Crippen LogP contribution in [-0.4, -0.2) is 70.9 Å². The number of hydrogen-bond donors (Lipinski definition) is 1. The number of halogens is 1. The average Bonchev–Trinajstić information content (AvgIpc) is 2.68. The first kappa shape index (κ1) is 22.7. The van der Waals surface area contributed by atoms with Crippen LogP contribution in [0.3, 0.4) is 0 Å². The van der Waals surface area contributed by atoms with E-state index in [0.29, 0.717) is 23.8 Å². The predicted octanol–water partition coefficient (Wildman–Crippen LogP) is 1.69. The highest BCUT2D eigenvalue weighted by molar-refractivity contribution is 7.90. The summed E-state index contributed by atoms with van der Waals surface area (Å²) >= 11 is 5.82. The molecule has 2 aromatic carbocycles. The fourth-order valence-electron chi connectivity index (χ4n) is 3.09. The Hall–Kier alpha value is -1.98. The summed E-state index contributed by atoms with van der Waals surface area (Å²) in [5, 5.41) is 3.15. The number of piperazine rings is 1. The van der Waals surface area contributed by atoms with Crippen LogP contribution in [0, 0.1) is 0 Å². The molecule has 162 valence electrons. The minimum absolute atomic E-state index is 0.0813. The molecule has 1 amide bonds. The Morgan fingerprint density at radius 1 is 0.967 bits per heavy atom. The van der Waals surface area contributed by atoms with Crippen molar-refractivity contribution in [3.8, 4) is 0 Å². The third-order valence-corrected chi connectivity index (χ3v) is 7.97. The summed E-state index contributed by atoms with van der Waals surface area (Å²) in [5.74, 6) is -0.297. The third-order valence-electron chi connectivity index (χ3n) is 4.70. The summed E-state index contributed by atoms with van der Waals surface area (Å²) in [6.07, 6.45) is 1.10. The molecule has 0 bridgehead atoms. The largest absolute Gasteiger partial charge is 0.325 e. The fourth-order valence-corrected chi connectivity index (χ4v) is 5.31. The maximum atomic E-state index is 12.7. The van der Waals surface area contributed by atoms with Crippen molar-refractivity contribution in [2.75, 3.05) is 44.3 Å². The Labute approximate surface area is 181 Å². The highest BCUT2D eigenvalue weighted by Gasteiger charge is 2.29. The smallest absolute Gasteiger partial charge is 0.243 e. The van der Waals surface area contributed by atoms with Crippen molar-refractivity contribution >= 4 is 43.1 Å². The molecule has 8 nitrogen and oxygen atoms in total. The number of nitrogens with zero attached hydrogens (tertiary/aromatic N) is 2. The Morgan fingerprint density at radius 2 is 1.60 bits per heavy atom. The van der Waals surface area contributed by atoms with Gasteiger partial charge in [0.2, 0.25) is 15.9 Å². The van der Waals surface area contributed by atoms with E-state index in [9.17, 15) is 21.6 Å². The minimum Gasteiger partial charge on any atom is -0.325 e. The zero-order valence-electron chi connectivity index (χ0n) is 16.3. The lowest BCUT2D eigenvalue weighted by molar-refractivity contribution is -0.117. The number of sulfone groups is 1. The molecular formula is C19H22ClN3O5S2. The minimum atomic E-state index is -3.61. The zero-order valence-corrected chi connectivity index (χ0v) is 18.7. The quantitative estimate of drug-likeness (QED) is 0.687. The van der Waals surface area contributed by atoms with Gasteiger partial charge in [-0.05, 0) is 42.5 Å². The maximum absolute atomic E-state index is 12.7. The van der Waals surface area contributed by atoms with Gasteiger partial charge in [0.15, 0.2) is 9.84 Å². The standard InChI is InChI=1S/C19H22ClN3O5S2/c1-29(25,26)18-4-2-3-16(13-18)21-19(24)14-22-9-11-23(12-10-22)30(27,28)17-7-5-15(20)6-8-17/h2-8,13H,9-12,14H2,1H3,(H,21,24). The van der Waals surface area contributed by atoms with Crippen molar-refractivity contribution < 1.29 is 21.6 Å². The Bertz CT molecular complexity index is 1130. The normalized spacial score (nSPS) is 16.3. The van der Waals surface area contributed by atoms with Crippen LogP contribution in [0.2, 0.25) is 5.02 Å². The number of rotatable bonds is 6. The van der Waals surface area contributed by atoms with Crippen molar-refractivity contribution in [2.24, 2.45) is 0 Å². The van der Waals surface area contributed by atoms with E-state index in [1.807, 2.05) is 4.90 Å². The van der Waals surface area contributed by atoms with E-state index in [4.69, 9.17) is 11.6 Å². The molecule has 30 heavy (non-hydrogen) atoms. The molecule has 1 aliphatic rings. The SMILES string of the molecule is CS(=O)(=O)c1cccc(NC(=O)CN2CCN(S(=O)(=O)c3ccc(Cl)cc3)CC2)c1. The number of sulfonamides is 1. The molecule has 0 radical (unpaired) electrons. The molecule has 1 heterocycles. The van der Waals surface area contributed by atoms with Crippen LogP contribution in [-0.2, 0) is 24.7 Å².